The van der Waals surface area contributed by atoms with Crippen LogP contribution in [0.25, 0.3) is 0 Å². The first-order valence-corrected chi connectivity index (χ1v) is 8.20. The molecule has 0 spiro atoms. The molecule has 0 aliphatic heterocycles. The molecule has 23 heteroatoms. The smallest absolute Gasteiger partial charge is 0.750 e. The van der Waals surface area contributed by atoms with Crippen molar-refractivity contribution in [2.75, 3.05) is 0 Å². The molecule has 0 fully saturated rings. The Morgan fingerprint density at radius 2 is 0.957 bits per heavy atom. The normalized spacial score (nSPS) is 10.1. The summed E-state index contributed by atoms with van der Waals surface area (Å²) in [5.41, 5.74) is 0. The second-order valence-corrected chi connectivity index (χ2v) is 4.55. The molecule has 23 heavy (non-hydrogen) atoms. The number of hydrogen-bond donors (Lipinski definition) is 4. The van der Waals surface area contributed by atoms with Crippen molar-refractivity contribution in [1.82, 2.24) is 12.3 Å². The second kappa shape index (κ2) is 27.3. The van der Waals surface area contributed by atoms with Crippen LogP contribution in [0.15, 0.2) is 0 Å². The first-order valence-electron chi connectivity index (χ1n) is 2.49. The Hall–Kier alpha value is 3.09. The van der Waals surface area contributed by atoms with Gasteiger partial charge in [0.25, 0.3) is 0 Å². The van der Waals surface area contributed by atoms with E-state index < -0.39 is 47.0 Å². The molecule has 0 radical (unpaired) electrons. The number of rotatable bonds is 3. The van der Waals surface area contributed by atoms with Crippen molar-refractivity contribution in [2.45, 2.75) is 0 Å². The van der Waals surface area contributed by atoms with Crippen molar-refractivity contribution in [3.8, 4) is 0 Å². The van der Waals surface area contributed by atoms with E-state index in [-0.39, 0.29) is 101 Å². The summed E-state index contributed by atoms with van der Waals surface area (Å²) in [5.74, 6) is 0. The van der Waals surface area contributed by atoms with Crippen molar-refractivity contribution < 1.29 is 164 Å². The zero-order valence-corrected chi connectivity index (χ0v) is 21.8. The molecular weight excluding hydrogens is 497 g/mol. The van der Waals surface area contributed by atoms with Crippen LogP contribution >= 0.6 is 0 Å². The maximum Gasteiger partial charge on any atom is 1.00 e. The van der Waals surface area contributed by atoms with Gasteiger partial charge in [0.1, 0.15) is 0 Å². The van der Waals surface area contributed by atoms with E-state index >= 15 is 0 Å². The molecule has 0 aliphatic carbocycles. The van der Waals surface area contributed by atoms with Crippen molar-refractivity contribution in [3.63, 3.8) is 0 Å². The van der Waals surface area contributed by atoms with Gasteiger partial charge in [-0.15, -0.1) is 8.67 Å². The van der Waals surface area contributed by atoms with Crippen molar-refractivity contribution in [1.29, 1.82) is 0 Å². The van der Waals surface area contributed by atoms with Gasteiger partial charge in [0.2, 0.25) is 20.8 Å². The van der Waals surface area contributed by atoms with Gasteiger partial charge in [0.05, 0.1) is 11.4 Å². The van der Waals surface area contributed by atoms with E-state index in [4.69, 9.17) is 25.9 Å². The Bertz CT molecular complexity index is 382. The fraction of sp³-hybridized carbons (Fsp3) is 0. The topological polar surface area (TPSA) is 330 Å². The quantitative estimate of drug-likeness (QED) is 0.0690. The molecule has 0 rings (SSSR count). The molecular formula is H8BrN2Na3O14S3. The van der Waals surface area contributed by atoms with Crippen LogP contribution < -0.4 is 109 Å². The summed E-state index contributed by atoms with van der Waals surface area (Å²) in [4.78, 5) is 0. The summed E-state index contributed by atoms with van der Waals surface area (Å²) in [5, 5.41) is 0. The van der Waals surface area contributed by atoms with Crippen LogP contribution in [-0.2, 0) is 40.8 Å². The molecule has 0 amide bonds. The molecule has 0 aromatic rings. The summed E-state index contributed by atoms with van der Waals surface area (Å²) >= 11 is -6.26. The molecule has 0 aromatic heterocycles. The second-order valence-electron chi connectivity index (χ2n) is 1.37. The van der Waals surface area contributed by atoms with Gasteiger partial charge in [-0.3, -0.25) is 0 Å². The first-order chi connectivity index (χ1) is 7.67. The van der Waals surface area contributed by atoms with Gasteiger partial charge in [-0.1, -0.05) is 0 Å². The third kappa shape index (κ3) is 131. The summed E-state index contributed by atoms with van der Waals surface area (Å²) in [6, 6.07) is 0. The molecule has 16 nitrogen and oxygen atoms in total. The van der Waals surface area contributed by atoms with Crippen LogP contribution in [0, 0.1) is 14.8 Å². The van der Waals surface area contributed by atoms with E-state index in [1.165, 1.54) is 0 Å². The summed E-state index contributed by atoms with van der Waals surface area (Å²) < 4.78 is 110. The Kier molecular flexibility index (Phi) is 59.6. The first kappa shape index (κ1) is 50.2. The SMILES string of the molecule is N.N.O=S(=O)([O-])OOS(=O)(=O)[O-].O=S([O-])O.[Na+].[Na+].[Na+].[O-][Br+2]([O-])O. The van der Waals surface area contributed by atoms with Gasteiger partial charge in [0.15, 0.2) is 0 Å². The van der Waals surface area contributed by atoms with Gasteiger partial charge in [-0.05, 0) is 4.20 Å². The summed E-state index contributed by atoms with van der Waals surface area (Å²) in [6.07, 6.45) is 0. The summed E-state index contributed by atoms with van der Waals surface area (Å²) in [7, 11) is -10.6. The molecule has 0 heterocycles. The minimum Gasteiger partial charge on any atom is -0.750 e. The molecule has 130 valence electrons. The number of hydrogen-bond acceptors (Lipinski definition) is 15. The third-order valence-corrected chi connectivity index (χ3v) is 0.750. The molecule has 0 saturated carbocycles. The van der Waals surface area contributed by atoms with Gasteiger partial charge in [-0.25, -0.2) is 21.0 Å². The molecule has 1 unspecified atom stereocenters. The third-order valence-electron chi connectivity index (χ3n) is 0.194. The van der Waals surface area contributed by atoms with Crippen LogP contribution in [0.1, 0.15) is 0 Å². The largest absolute Gasteiger partial charge is 1.00 e. The van der Waals surface area contributed by atoms with Gasteiger partial charge in [0, 0.05) is 0 Å². The molecule has 1 atom stereocenters. The van der Waals surface area contributed by atoms with Crippen LogP contribution in [0.4, 0.5) is 0 Å². The molecule has 8 N–H and O–H groups in total. The molecule has 0 saturated heterocycles. The van der Waals surface area contributed by atoms with E-state index in [1.807, 2.05) is 0 Å². The van der Waals surface area contributed by atoms with E-state index in [9.17, 15) is 25.9 Å². The monoisotopic (exact) mass is 504 g/mol. The zero-order chi connectivity index (χ0) is 15.6. The van der Waals surface area contributed by atoms with Crippen LogP contribution in [0.3, 0.4) is 0 Å². The average Bonchev–Trinajstić information content (AvgIpc) is 1.95. The van der Waals surface area contributed by atoms with Gasteiger partial charge >= 0.3 is 103 Å². The standard InChI is InChI=1S/BrHO3.2H3N.3Na.H2O8S2.H2O3S/c2-1(3)4;;;;;;1-9(2,3)7-8-10(4,5)6;1-4(2)3/h2H;2*1H3;;;;(H,1,2,3)(H,4,5,6);(H2,1,2,3)/q;;;3*+1;;/p-3. The number of halogens is 1. The maximum atomic E-state index is 9.37. The van der Waals surface area contributed by atoms with E-state index in [0.29, 0.717) is 0 Å². The summed E-state index contributed by atoms with van der Waals surface area (Å²) in [6.45, 7) is 0. The van der Waals surface area contributed by atoms with Crippen molar-refractivity contribution in [3.05, 3.63) is 0 Å². The van der Waals surface area contributed by atoms with Crippen LogP contribution in [0.2, 0.25) is 0 Å². The van der Waals surface area contributed by atoms with Gasteiger partial charge in [-0.2, -0.15) is 0 Å². The van der Waals surface area contributed by atoms with Gasteiger partial charge < -0.3 is 38.9 Å². The average molecular weight is 505 g/mol. The molecule has 0 aromatic carbocycles. The Morgan fingerprint density at radius 3 is 1.00 bits per heavy atom. The fourth-order valence-corrected chi connectivity index (χ4v) is 0.612. The zero-order valence-electron chi connectivity index (χ0n) is 11.8. The predicted molar refractivity (Wildman–Crippen MR) is 45.4 cm³/mol. The van der Waals surface area contributed by atoms with Crippen molar-refractivity contribution >= 4 is 32.2 Å². The van der Waals surface area contributed by atoms with Crippen LogP contribution in [-0.4, -0.2) is 43.5 Å². The maximum absolute atomic E-state index is 9.37. The Morgan fingerprint density at radius 1 is 0.870 bits per heavy atom. The minimum absolute atomic E-state index is 0. The molecule has 0 aliphatic rings. The van der Waals surface area contributed by atoms with E-state index in [0.717, 1.165) is 0 Å². The Balaban J connectivity index is -0.0000000252. The van der Waals surface area contributed by atoms with E-state index in [1.54, 1.807) is 0 Å². The predicted octanol–water partition coefficient (Wildman–Crippen LogP) is -14.4. The van der Waals surface area contributed by atoms with Crippen molar-refractivity contribution in [2.24, 2.45) is 0 Å². The Labute approximate surface area is 205 Å². The van der Waals surface area contributed by atoms with E-state index in [2.05, 4.69) is 8.67 Å². The minimum atomic E-state index is -5.31. The van der Waals surface area contributed by atoms with Crippen LogP contribution in [0.5, 0.6) is 0 Å². The fourth-order valence-electron chi connectivity index (χ4n) is 0.0680. The molecule has 0 bridgehead atoms.